The zero-order valence-electron chi connectivity index (χ0n) is 13.9. The van der Waals surface area contributed by atoms with Crippen molar-refractivity contribution in [2.45, 2.75) is 38.3 Å². The number of nitrogens with zero attached hydrogens (tertiary/aromatic N) is 1. The molecule has 1 atom stereocenters. The van der Waals surface area contributed by atoms with Gasteiger partial charge in [-0.1, -0.05) is 24.3 Å². The first-order chi connectivity index (χ1) is 11.3. The number of hydrogen-bond acceptors (Lipinski definition) is 3. The van der Waals surface area contributed by atoms with Crippen LogP contribution in [0, 0.1) is 0 Å². The molecule has 0 radical (unpaired) electrons. The number of carbonyl (C=O) groups excluding carboxylic acids is 1. The second kappa shape index (κ2) is 7.79. The zero-order chi connectivity index (χ0) is 16.1. The van der Waals surface area contributed by atoms with Crippen LogP contribution < -0.4 is 10.6 Å². The molecule has 126 valence electrons. The Morgan fingerprint density at radius 3 is 2.70 bits per heavy atom. The van der Waals surface area contributed by atoms with Gasteiger partial charge in [0.25, 0.3) is 0 Å². The van der Waals surface area contributed by atoms with Gasteiger partial charge in [-0.25, -0.2) is 4.79 Å². The van der Waals surface area contributed by atoms with E-state index < -0.39 is 0 Å². The average molecular weight is 317 g/mol. The third-order valence-corrected chi connectivity index (χ3v) is 4.81. The molecule has 23 heavy (non-hydrogen) atoms. The topological polar surface area (TPSA) is 53.6 Å². The van der Waals surface area contributed by atoms with Gasteiger partial charge < -0.3 is 15.4 Å². The van der Waals surface area contributed by atoms with E-state index in [2.05, 4.69) is 39.8 Å². The summed E-state index contributed by atoms with van der Waals surface area (Å²) < 4.78 is 5.87. The Balaban J connectivity index is 1.45. The van der Waals surface area contributed by atoms with E-state index in [1.807, 2.05) is 6.92 Å². The minimum absolute atomic E-state index is 0.0913. The van der Waals surface area contributed by atoms with Crippen LogP contribution in [0.1, 0.15) is 24.5 Å². The highest BCUT2D eigenvalue weighted by Gasteiger charge is 2.30. The first-order valence-corrected chi connectivity index (χ1v) is 8.70. The fourth-order valence-corrected chi connectivity index (χ4v) is 3.61. The minimum atomic E-state index is -0.0913. The van der Waals surface area contributed by atoms with Gasteiger partial charge >= 0.3 is 6.03 Å². The van der Waals surface area contributed by atoms with E-state index in [9.17, 15) is 4.79 Å². The quantitative estimate of drug-likeness (QED) is 0.867. The number of hydrogen-bond donors (Lipinski definition) is 2. The molecule has 2 aliphatic rings. The van der Waals surface area contributed by atoms with Crippen molar-refractivity contribution in [2.75, 3.05) is 32.8 Å². The van der Waals surface area contributed by atoms with E-state index in [4.69, 9.17) is 4.74 Å². The van der Waals surface area contributed by atoms with Gasteiger partial charge in [0.05, 0.1) is 12.7 Å². The van der Waals surface area contributed by atoms with Crippen molar-refractivity contribution in [1.82, 2.24) is 15.5 Å². The summed E-state index contributed by atoms with van der Waals surface area (Å²) in [5.74, 6) is 0. The van der Waals surface area contributed by atoms with Crippen molar-refractivity contribution in [3.63, 3.8) is 0 Å². The van der Waals surface area contributed by atoms with Crippen LogP contribution in [-0.2, 0) is 17.6 Å². The van der Waals surface area contributed by atoms with Crippen molar-refractivity contribution in [3.05, 3.63) is 35.4 Å². The molecule has 0 unspecified atom stereocenters. The van der Waals surface area contributed by atoms with Crippen molar-refractivity contribution in [2.24, 2.45) is 0 Å². The molecule has 1 saturated heterocycles. The predicted octanol–water partition coefficient (Wildman–Crippen LogP) is 1.56. The highest BCUT2D eigenvalue weighted by atomic mass is 16.5. The van der Waals surface area contributed by atoms with Crippen LogP contribution in [0.2, 0.25) is 0 Å². The highest BCUT2D eigenvalue weighted by Crippen LogP contribution is 2.26. The van der Waals surface area contributed by atoms with Crippen LogP contribution in [0.5, 0.6) is 0 Å². The molecule has 0 spiro atoms. The van der Waals surface area contributed by atoms with Gasteiger partial charge in [0, 0.05) is 32.2 Å². The van der Waals surface area contributed by atoms with Gasteiger partial charge in [0.1, 0.15) is 0 Å². The molecule has 1 heterocycles. The molecule has 1 fully saturated rings. The van der Waals surface area contributed by atoms with Gasteiger partial charge in [-0.3, -0.25) is 4.90 Å². The standard InChI is InChI=1S/C18H27N3O2/c1-2-19-18(22)20-8-7-17-13-21(9-10-23-17)16-11-14-5-3-4-6-15(14)12-16/h3-6,16-17H,2,7-13H2,1H3,(H2,19,20,22)/t17-/m1/s1. The first kappa shape index (κ1) is 16.3. The second-order valence-electron chi connectivity index (χ2n) is 6.39. The van der Waals surface area contributed by atoms with Crippen molar-refractivity contribution >= 4 is 6.03 Å². The monoisotopic (exact) mass is 317 g/mol. The number of carbonyl (C=O) groups is 1. The molecule has 0 saturated carbocycles. The lowest BCUT2D eigenvalue weighted by Gasteiger charge is -2.37. The summed E-state index contributed by atoms with van der Waals surface area (Å²) in [6.07, 6.45) is 3.39. The fourth-order valence-electron chi connectivity index (χ4n) is 3.61. The molecule has 5 heteroatoms. The molecule has 0 bridgehead atoms. The Hall–Kier alpha value is -1.59. The maximum absolute atomic E-state index is 11.4. The van der Waals surface area contributed by atoms with Gasteiger partial charge in [-0.2, -0.15) is 0 Å². The maximum atomic E-state index is 11.4. The summed E-state index contributed by atoms with van der Waals surface area (Å²) >= 11 is 0. The predicted molar refractivity (Wildman–Crippen MR) is 90.6 cm³/mol. The number of fused-ring (bicyclic) bond motifs is 1. The second-order valence-corrected chi connectivity index (χ2v) is 6.39. The Labute approximate surface area is 138 Å². The van der Waals surface area contributed by atoms with Crippen LogP contribution in [0.3, 0.4) is 0 Å². The average Bonchev–Trinajstić information content (AvgIpc) is 2.99. The number of benzene rings is 1. The lowest BCUT2D eigenvalue weighted by molar-refractivity contribution is -0.0444. The summed E-state index contributed by atoms with van der Waals surface area (Å²) in [5, 5.41) is 5.63. The number of rotatable bonds is 5. The molecule has 1 aliphatic carbocycles. The van der Waals surface area contributed by atoms with E-state index in [0.29, 0.717) is 19.1 Å². The van der Waals surface area contributed by atoms with Gasteiger partial charge in [-0.15, -0.1) is 0 Å². The largest absolute Gasteiger partial charge is 0.375 e. The number of amides is 2. The normalized spacial score (nSPS) is 21.9. The summed E-state index contributed by atoms with van der Waals surface area (Å²) in [4.78, 5) is 14.0. The number of ether oxygens (including phenoxy) is 1. The molecule has 1 aliphatic heterocycles. The van der Waals surface area contributed by atoms with E-state index in [0.717, 1.165) is 39.0 Å². The Morgan fingerprint density at radius 2 is 2.00 bits per heavy atom. The van der Waals surface area contributed by atoms with Crippen molar-refractivity contribution in [3.8, 4) is 0 Å². The molecule has 2 N–H and O–H groups in total. The third kappa shape index (κ3) is 4.24. The summed E-state index contributed by atoms with van der Waals surface area (Å²) in [6, 6.07) is 9.29. The van der Waals surface area contributed by atoms with E-state index in [-0.39, 0.29) is 12.1 Å². The number of urea groups is 1. The Bertz CT molecular complexity index is 510. The first-order valence-electron chi connectivity index (χ1n) is 8.70. The summed E-state index contributed by atoms with van der Waals surface area (Å²) in [5.41, 5.74) is 3.00. The van der Waals surface area contributed by atoms with Crippen molar-refractivity contribution < 1.29 is 9.53 Å². The SMILES string of the molecule is CCNC(=O)NCC[C@@H]1CN(C2Cc3ccccc3C2)CCO1. The lowest BCUT2D eigenvalue weighted by atomic mass is 10.1. The van der Waals surface area contributed by atoms with Gasteiger partial charge in [0.15, 0.2) is 0 Å². The Morgan fingerprint density at radius 1 is 1.26 bits per heavy atom. The molecular weight excluding hydrogens is 290 g/mol. The number of morpholine rings is 1. The smallest absolute Gasteiger partial charge is 0.314 e. The van der Waals surface area contributed by atoms with Crippen LogP contribution in [0.15, 0.2) is 24.3 Å². The molecular formula is C18H27N3O2. The van der Waals surface area contributed by atoms with Crippen LogP contribution in [0.25, 0.3) is 0 Å². The van der Waals surface area contributed by atoms with Crippen LogP contribution in [-0.4, -0.2) is 55.9 Å². The fraction of sp³-hybridized carbons (Fsp3) is 0.611. The Kier molecular flexibility index (Phi) is 5.51. The third-order valence-electron chi connectivity index (χ3n) is 4.81. The van der Waals surface area contributed by atoms with Gasteiger partial charge in [-0.05, 0) is 37.3 Å². The van der Waals surface area contributed by atoms with E-state index >= 15 is 0 Å². The molecule has 3 rings (SSSR count). The zero-order valence-corrected chi connectivity index (χ0v) is 13.9. The van der Waals surface area contributed by atoms with Gasteiger partial charge in [0.2, 0.25) is 0 Å². The maximum Gasteiger partial charge on any atom is 0.314 e. The molecule has 0 aromatic heterocycles. The van der Waals surface area contributed by atoms with Crippen molar-refractivity contribution in [1.29, 1.82) is 0 Å². The molecule has 2 amide bonds. The highest BCUT2D eigenvalue weighted by molar-refractivity contribution is 5.73. The molecule has 5 nitrogen and oxygen atoms in total. The molecule has 1 aromatic carbocycles. The van der Waals surface area contributed by atoms with E-state index in [1.165, 1.54) is 11.1 Å². The number of nitrogens with one attached hydrogen (secondary N) is 2. The van der Waals surface area contributed by atoms with Crippen LogP contribution >= 0.6 is 0 Å². The summed E-state index contributed by atoms with van der Waals surface area (Å²) in [6.45, 7) is 6.01. The summed E-state index contributed by atoms with van der Waals surface area (Å²) in [7, 11) is 0. The molecule has 1 aromatic rings. The minimum Gasteiger partial charge on any atom is -0.375 e. The van der Waals surface area contributed by atoms with E-state index in [1.54, 1.807) is 0 Å². The lowest BCUT2D eigenvalue weighted by Crippen LogP contribution is -2.49. The van der Waals surface area contributed by atoms with Crippen LogP contribution in [0.4, 0.5) is 4.79 Å².